The molecule has 1 aromatic heterocycles. The van der Waals surface area contributed by atoms with Crippen molar-refractivity contribution < 1.29 is 0 Å². The summed E-state index contributed by atoms with van der Waals surface area (Å²) in [5.74, 6) is 0.639. The van der Waals surface area contributed by atoms with Gasteiger partial charge in [-0.25, -0.2) is 4.98 Å². The van der Waals surface area contributed by atoms with Gasteiger partial charge in [-0.3, -0.25) is 4.90 Å². The summed E-state index contributed by atoms with van der Waals surface area (Å²) >= 11 is 1.88. The van der Waals surface area contributed by atoms with Crippen LogP contribution in [0.25, 0.3) is 10.2 Å². The molecule has 0 aliphatic carbocycles. The van der Waals surface area contributed by atoms with E-state index < -0.39 is 0 Å². The van der Waals surface area contributed by atoms with Crippen molar-refractivity contribution in [1.29, 1.82) is 0 Å². The molecule has 0 spiro atoms. The summed E-state index contributed by atoms with van der Waals surface area (Å²) in [5, 5.41) is 1.33. The van der Waals surface area contributed by atoms with Gasteiger partial charge in [0.05, 0.1) is 15.2 Å². The normalized spacial score (nSPS) is 16.9. The minimum atomic E-state index is 0.639. The summed E-state index contributed by atoms with van der Waals surface area (Å²) in [4.78, 5) is 7.45. The van der Waals surface area contributed by atoms with Gasteiger partial charge in [0.15, 0.2) is 0 Å². The molecule has 0 atom stereocenters. The molecule has 1 saturated heterocycles. The van der Waals surface area contributed by atoms with Gasteiger partial charge in [0.1, 0.15) is 0 Å². The van der Waals surface area contributed by atoms with Crippen molar-refractivity contribution in [2.75, 3.05) is 13.1 Å². The van der Waals surface area contributed by atoms with Crippen LogP contribution >= 0.6 is 11.3 Å². The van der Waals surface area contributed by atoms with E-state index in [9.17, 15) is 0 Å². The Morgan fingerprint density at radius 1 is 1.04 bits per heavy atom. The van der Waals surface area contributed by atoms with Crippen molar-refractivity contribution in [3.63, 3.8) is 0 Å². The highest BCUT2D eigenvalue weighted by Gasteiger charge is 2.23. The van der Waals surface area contributed by atoms with E-state index in [-0.39, 0.29) is 0 Å². The Kier molecular flexibility index (Phi) is 4.15. The van der Waals surface area contributed by atoms with Crippen molar-refractivity contribution in [3.05, 3.63) is 64.7 Å². The lowest BCUT2D eigenvalue weighted by molar-refractivity contribution is 0.204. The lowest BCUT2D eigenvalue weighted by Crippen LogP contribution is -2.32. The van der Waals surface area contributed by atoms with Crippen molar-refractivity contribution in [3.8, 4) is 0 Å². The number of thiazole rings is 1. The quantitative estimate of drug-likeness (QED) is 0.676. The molecule has 0 bridgehead atoms. The number of aromatic nitrogens is 1. The van der Waals surface area contributed by atoms with Gasteiger partial charge in [-0.05, 0) is 56.1 Å². The SMILES string of the molecule is Cc1ccccc1CN1CCC(c2nc3ccccc3s2)CC1. The fraction of sp³-hybridized carbons (Fsp3) is 0.350. The molecule has 3 heteroatoms. The summed E-state index contributed by atoms with van der Waals surface area (Å²) in [6.45, 7) is 5.65. The van der Waals surface area contributed by atoms with Crippen molar-refractivity contribution in [1.82, 2.24) is 9.88 Å². The first-order chi connectivity index (χ1) is 11.3. The molecule has 1 aliphatic rings. The highest BCUT2D eigenvalue weighted by Crippen LogP contribution is 2.34. The zero-order valence-electron chi connectivity index (χ0n) is 13.5. The van der Waals surface area contributed by atoms with Crippen LogP contribution in [0.15, 0.2) is 48.5 Å². The third kappa shape index (κ3) is 3.17. The van der Waals surface area contributed by atoms with Crippen LogP contribution in [0.1, 0.15) is 34.9 Å². The summed E-state index contributed by atoms with van der Waals surface area (Å²) in [6.07, 6.45) is 2.46. The van der Waals surface area contributed by atoms with E-state index in [2.05, 4.69) is 60.4 Å². The Morgan fingerprint density at radius 3 is 2.57 bits per heavy atom. The molecule has 0 N–H and O–H groups in total. The molecule has 2 nitrogen and oxygen atoms in total. The topological polar surface area (TPSA) is 16.1 Å². The second-order valence-electron chi connectivity index (χ2n) is 6.50. The molecule has 0 unspecified atom stereocenters. The highest BCUT2D eigenvalue weighted by molar-refractivity contribution is 7.18. The van der Waals surface area contributed by atoms with E-state index in [0.717, 1.165) is 12.1 Å². The monoisotopic (exact) mass is 322 g/mol. The molecule has 0 saturated carbocycles. The number of nitrogens with zero attached hydrogens (tertiary/aromatic N) is 2. The van der Waals surface area contributed by atoms with Gasteiger partial charge in [-0.1, -0.05) is 36.4 Å². The second kappa shape index (κ2) is 6.42. The Morgan fingerprint density at radius 2 is 1.78 bits per heavy atom. The van der Waals surface area contributed by atoms with Crippen LogP contribution in [0.3, 0.4) is 0 Å². The van der Waals surface area contributed by atoms with Crippen LogP contribution in [0.4, 0.5) is 0 Å². The first-order valence-corrected chi connectivity index (χ1v) is 9.23. The fourth-order valence-electron chi connectivity index (χ4n) is 3.43. The Bertz CT molecular complexity index is 767. The first kappa shape index (κ1) is 14.9. The summed E-state index contributed by atoms with van der Waals surface area (Å²) in [5.41, 5.74) is 4.03. The van der Waals surface area contributed by atoms with E-state index >= 15 is 0 Å². The number of hydrogen-bond donors (Lipinski definition) is 0. The Hall–Kier alpha value is -1.71. The van der Waals surface area contributed by atoms with Gasteiger partial charge in [0, 0.05) is 12.5 Å². The van der Waals surface area contributed by atoms with Crippen molar-refractivity contribution in [2.24, 2.45) is 0 Å². The predicted octanol–water partition coefficient (Wildman–Crippen LogP) is 4.98. The molecule has 1 fully saturated rings. The Balaban J connectivity index is 1.41. The van der Waals surface area contributed by atoms with Crippen LogP contribution < -0.4 is 0 Å². The van der Waals surface area contributed by atoms with Crippen molar-refractivity contribution in [2.45, 2.75) is 32.2 Å². The van der Waals surface area contributed by atoms with Crippen LogP contribution in [-0.4, -0.2) is 23.0 Å². The molecule has 3 aromatic rings. The van der Waals surface area contributed by atoms with Gasteiger partial charge in [0.2, 0.25) is 0 Å². The molecule has 1 aliphatic heterocycles. The maximum absolute atomic E-state index is 4.86. The molecule has 23 heavy (non-hydrogen) atoms. The molecular formula is C20H22N2S. The number of rotatable bonds is 3. The van der Waals surface area contributed by atoms with Gasteiger partial charge in [-0.15, -0.1) is 11.3 Å². The van der Waals surface area contributed by atoms with E-state index in [4.69, 9.17) is 4.98 Å². The van der Waals surface area contributed by atoms with Gasteiger partial charge < -0.3 is 0 Å². The summed E-state index contributed by atoms with van der Waals surface area (Å²) < 4.78 is 1.32. The number of piperidine rings is 1. The maximum atomic E-state index is 4.86. The largest absolute Gasteiger partial charge is 0.299 e. The van der Waals surface area contributed by atoms with Gasteiger partial charge in [0.25, 0.3) is 0 Å². The average Bonchev–Trinajstić information content (AvgIpc) is 3.02. The van der Waals surface area contributed by atoms with Gasteiger partial charge in [-0.2, -0.15) is 0 Å². The molecule has 2 aromatic carbocycles. The number of benzene rings is 2. The molecule has 0 amide bonds. The average molecular weight is 322 g/mol. The van der Waals surface area contributed by atoms with Crippen LogP contribution in [0.5, 0.6) is 0 Å². The van der Waals surface area contributed by atoms with Crippen LogP contribution in [-0.2, 0) is 6.54 Å². The smallest absolute Gasteiger partial charge is 0.0970 e. The summed E-state index contributed by atoms with van der Waals surface area (Å²) in [6, 6.07) is 17.2. The molecular weight excluding hydrogens is 300 g/mol. The zero-order valence-corrected chi connectivity index (χ0v) is 14.4. The predicted molar refractivity (Wildman–Crippen MR) is 98.1 cm³/mol. The highest BCUT2D eigenvalue weighted by atomic mass is 32.1. The minimum Gasteiger partial charge on any atom is -0.299 e. The van der Waals surface area contributed by atoms with Gasteiger partial charge >= 0.3 is 0 Å². The van der Waals surface area contributed by atoms with Crippen LogP contribution in [0.2, 0.25) is 0 Å². The molecule has 0 radical (unpaired) electrons. The standard InChI is InChI=1S/C20H22N2S/c1-15-6-2-3-7-17(15)14-22-12-10-16(11-13-22)20-21-18-8-4-5-9-19(18)23-20/h2-9,16H,10-14H2,1H3. The minimum absolute atomic E-state index is 0.639. The zero-order chi connectivity index (χ0) is 15.6. The number of likely N-dealkylation sites (tertiary alicyclic amines) is 1. The van der Waals surface area contributed by atoms with E-state index in [0.29, 0.717) is 5.92 Å². The van der Waals surface area contributed by atoms with E-state index in [1.54, 1.807) is 0 Å². The summed E-state index contributed by atoms with van der Waals surface area (Å²) in [7, 11) is 0. The Labute approximate surface area is 141 Å². The van der Waals surface area contributed by atoms with E-state index in [1.165, 1.54) is 46.8 Å². The first-order valence-electron chi connectivity index (χ1n) is 8.42. The lowest BCUT2D eigenvalue weighted by Gasteiger charge is -2.31. The molecule has 4 rings (SSSR count). The van der Waals surface area contributed by atoms with E-state index in [1.807, 2.05) is 11.3 Å². The number of hydrogen-bond acceptors (Lipinski definition) is 3. The lowest BCUT2D eigenvalue weighted by atomic mass is 9.97. The number of fused-ring (bicyclic) bond motifs is 1. The third-order valence-corrected chi connectivity index (χ3v) is 6.10. The second-order valence-corrected chi connectivity index (χ2v) is 7.56. The fourth-order valence-corrected chi connectivity index (χ4v) is 4.57. The molecule has 2 heterocycles. The maximum Gasteiger partial charge on any atom is 0.0970 e. The number of para-hydroxylation sites is 1. The number of aryl methyl sites for hydroxylation is 1. The third-order valence-electron chi connectivity index (χ3n) is 4.90. The molecule has 118 valence electrons. The van der Waals surface area contributed by atoms with Crippen molar-refractivity contribution >= 4 is 21.6 Å². The van der Waals surface area contributed by atoms with Crippen LogP contribution in [0, 0.1) is 6.92 Å².